The van der Waals surface area contributed by atoms with Crippen molar-refractivity contribution >= 4 is 46.4 Å². The number of amides is 3. The monoisotopic (exact) mass is 399 g/mol. The first-order valence-corrected chi connectivity index (χ1v) is 9.52. The van der Waals surface area contributed by atoms with Crippen molar-refractivity contribution in [1.29, 1.82) is 0 Å². The quantitative estimate of drug-likeness (QED) is 0.764. The van der Waals surface area contributed by atoms with Gasteiger partial charge in [-0.2, -0.15) is 0 Å². The summed E-state index contributed by atoms with van der Waals surface area (Å²) in [4.78, 5) is 38.5. The zero-order valence-corrected chi connectivity index (χ0v) is 16.6. The van der Waals surface area contributed by atoms with E-state index in [-0.39, 0.29) is 5.91 Å². The summed E-state index contributed by atoms with van der Waals surface area (Å²) in [5.74, 6) is -1.51. The van der Waals surface area contributed by atoms with Crippen molar-refractivity contribution < 1.29 is 14.4 Å². The number of aryl methyl sites for hydroxylation is 2. The van der Waals surface area contributed by atoms with E-state index < -0.39 is 11.8 Å². The van der Waals surface area contributed by atoms with Crippen LogP contribution in [-0.2, 0) is 14.4 Å². The van der Waals surface area contributed by atoms with Gasteiger partial charge in [0, 0.05) is 35.1 Å². The van der Waals surface area contributed by atoms with Gasteiger partial charge < -0.3 is 15.5 Å². The van der Waals surface area contributed by atoms with Crippen LogP contribution in [-0.4, -0.2) is 24.3 Å². The minimum absolute atomic E-state index is 0.0759. The summed E-state index contributed by atoms with van der Waals surface area (Å²) >= 11 is 5.94. The van der Waals surface area contributed by atoms with Gasteiger partial charge in [-0.3, -0.25) is 14.4 Å². The van der Waals surface area contributed by atoms with Crippen molar-refractivity contribution in [2.75, 3.05) is 22.1 Å². The third-order valence-corrected chi connectivity index (χ3v) is 4.97. The van der Waals surface area contributed by atoms with E-state index in [1.165, 1.54) is 0 Å². The molecule has 6 nitrogen and oxygen atoms in total. The maximum Gasteiger partial charge on any atom is 0.314 e. The minimum atomic E-state index is -0.792. The average molecular weight is 400 g/mol. The topological polar surface area (TPSA) is 78.5 Å². The van der Waals surface area contributed by atoms with E-state index in [9.17, 15) is 14.4 Å². The molecule has 0 unspecified atom stereocenters. The van der Waals surface area contributed by atoms with Gasteiger partial charge in [-0.25, -0.2) is 0 Å². The Morgan fingerprint density at radius 1 is 0.964 bits per heavy atom. The summed E-state index contributed by atoms with van der Waals surface area (Å²) in [6.07, 6.45) is 2.37. The normalized spacial score (nSPS) is 14.0. The van der Waals surface area contributed by atoms with E-state index in [4.69, 9.17) is 11.6 Å². The van der Waals surface area contributed by atoms with Crippen LogP contribution in [0.1, 0.15) is 30.4 Å². The Bertz CT molecular complexity index is 942. The summed E-state index contributed by atoms with van der Waals surface area (Å²) < 4.78 is 0. The van der Waals surface area contributed by atoms with Crippen molar-refractivity contribution in [3.63, 3.8) is 0 Å². The molecule has 0 radical (unpaired) electrons. The predicted molar refractivity (Wildman–Crippen MR) is 111 cm³/mol. The smallest absolute Gasteiger partial charge is 0.314 e. The fraction of sp³-hybridized carbons (Fsp3) is 0.286. The molecule has 28 heavy (non-hydrogen) atoms. The Hall–Kier alpha value is -2.86. The van der Waals surface area contributed by atoms with Gasteiger partial charge in [0.1, 0.15) is 0 Å². The summed E-state index contributed by atoms with van der Waals surface area (Å²) in [5.41, 5.74) is 3.44. The lowest BCUT2D eigenvalue weighted by Crippen LogP contribution is -2.35. The first-order chi connectivity index (χ1) is 13.3. The third kappa shape index (κ3) is 4.51. The first-order valence-electron chi connectivity index (χ1n) is 9.14. The van der Waals surface area contributed by atoms with E-state index in [0.717, 1.165) is 29.7 Å². The van der Waals surface area contributed by atoms with Gasteiger partial charge in [0.05, 0.1) is 0 Å². The number of anilines is 3. The molecule has 1 aliphatic heterocycles. The molecule has 3 amide bonds. The first kappa shape index (κ1) is 19.9. The number of carbonyl (C=O) groups is 3. The largest absolute Gasteiger partial charge is 0.318 e. The number of rotatable bonds is 3. The molecule has 1 fully saturated rings. The van der Waals surface area contributed by atoms with Crippen LogP contribution in [0, 0.1) is 13.8 Å². The van der Waals surface area contributed by atoms with Crippen LogP contribution in [0.4, 0.5) is 17.1 Å². The van der Waals surface area contributed by atoms with Gasteiger partial charge in [0.2, 0.25) is 5.91 Å². The van der Waals surface area contributed by atoms with Gasteiger partial charge in [-0.1, -0.05) is 23.7 Å². The highest BCUT2D eigenvalue weighted by Gasteiger charge is 2.22. The Kier molecular flexibility index (Phi) is 5.99. The number of carbonyl (C=O) groups excluding carboxylic acids is 3. The number of benzene rings is 2. The van der Waals surface area contributed by atoms with Crippen molar-refractivity contribution in [3.05, 3.63) is 52.5 Å². The zero-order chi connectivity index (χ0) is 20.3. The SMILES string of the molecule is Cc1ccc(Cl)cc1NC(=O)C(=O)Nc1ccc(C)c(N2CCCCC2=O)c1. The molecule has 0 saturated carbocycles. The van der Waals surface area contributed by atoms with Crippen LogP contribution in [0.3, 0.4) is 0 Å². The van der Waals surface area contributed by atoms with Gasteiger partial charge in [-0.15, -0.1) is 0 Å². The molecule has 0 spiro atoms. The second-order valence-electron chi connectivity index (χ2n) is 6.87. The summed E-state index contributed by atoms with van der Waals surface area (Å²) in [6, 6.07) is 10.3. The van der Waals surface area contributed by atoms with E-state index in [1.807, 2.05) is 19.9 Å². The highest BCUT2D eigenvalue weighted by atomic mass is 35.5. The van der Waals surface area contributed by atoms with Crippen LogP contribution in [0.5, 0.6) is 0 Å². The van der Waals surface area contributed by atoms with Crippen molar-refractivity contribution in [1.82, 2.24) is 0 Å². The Morgan fingerprint density at radius 2 is 1.68 bits per heavy atom. The predicted octanol–water partition coefficient (Wildman–Crippen LogP) is 4.05. The van der Waals surface area contributed by atoms with Crippen LogP contribution in [0.2, 0.25) is 5.02 Å². The molecular formula is C21H22ClN3O3. The zero-order valence-electron chi connectivity index (χ0n) is 15.8. The Morgan fingerprint density at radius 3 is 2.43 bits per heavy atom. The Balaban J connectivity index is 1.73. The highest BCUT2D eigenvalue weighted by Crippen LogP contribution is 2.28. The molecule has 0 atom stereocenters. The van der Waals surface area contributed by atoms with Crippen molar-refractivity contribution in [2.45, 2.75) is 33.1 Å². The second kappa shape index (κ2) is 8.44. The van der Waals surface area contributed by atoms with E-state index in [0.29, 0.717) is 29.4 Å². The Labute approximate surface area is 168 Å². The van der Waals surface area contributed by atoms with E-state index in [1.54, 1.807) is 35.2 Å². The third-order valence-electron chi connectivity index (χ3n) is 4.74. The number of nitrogens with one attached hydrogen (secondary N) is 2. The van der Waals surface area contributed by atoms with Crippen LogP contribution in [0.15, 0.2) is 36.4 Å². The molecule has 0 bridgehead atoms. The molecule has 0 aromatic heterocycles. The second-order valence-corrected chi connectivity index (χ2v) is 7.31. The average Bonchev–Trinajstić information content (AvgIpc) is 2.66. The van der Waals surface area contributed by atoms with Crippen LogP contribution in [0.25, 0.3) is 0 Å². The van der Waals surface area contributed by atoms with E-state index >= 15 is 0 Å². The number of hydrogen-bond acceptors (Lipinski definition) is 3. The maximum absolute atomic E-state index is 12.3. The number of hydrogen-bond donors (Lipinski definition) is 2. The van der Waals surface area contributed by atoms with Crippen molar-refractivity contribution in [3.8, 4) is 0 Å². The summed E-state index contributed by atoms with van der Waals surface area (Å²) in [7, 11) is 0. The van der Waals surface area contributed by atoms with Gasteiger partial charge in [-0.05, 0) is 62.1 Å². The molecule has 7 heteroatoms. The number of halogens is 1. The fourth-order valence-electron chi connectivity index (χ4n) is 3.13. The molecule has 1 heterocycles. The molecule has 2 aromatic rings. The molecule has 1 aliphatic rings. The number of nitrogens with zero attached hydrogens (tertiary/aromatic N) is 1. The summed E-state index contributed by atoms with van der Waals surface area (Å²) in [6.45, 7) is 4.38. The van der Waals surface area contributed by atoms with Gasteiger partial charge >= 0.3 is 11.8 Å². The van der Waals surface area contributed by atoms with Crippen LogP contribution >= 0.6 is 11.6 Å². The van der Waals surface area contributed by atoms with Gasteiger partial charge in [0.25, 0.3) is 0 Å². The van der Waals surface area contributed by atoms with Gasteiger partial charge in [0.15, 0.2) is 0 Å². The molecule has 1 saturated heterocycles. The molecule has 0 aliphatic carbocycles. The highest BCUT2D eigenvalue weighted by molar-refractivity contribution is 6.44. The fourth-order valence-corrected chi connectivity index (χ4v) is 3.31. The molecular weight excluding hydrogens is 378 g/mol. The minimum Gasteiger partial charge on any atom is -0.318 e. The molecule has 2 N–H and O–H groups in total. The van der Waals surface area contributed by atoms with E-state index in [2.05, 4.69) is 10.6 Å². The number of piperidine rings is 1. The molecule has 2 aromatic carbocycles. The molecule has 3 rings (SSSR count). The lowest BCUT2D eigenvalue weighted by atomic mass is 10.1. The lowest BCUT2D eigenvalue weighted by Gasteiger charge is -2.28. The maximum atomic E-state index is 12.3. The van der Waals surface area contributed by atoms with Crippen LogP contribution < -0.4 is 15.5 Å². The molecule has 146 valence electrons. The van der Waals surface area contributed by atoms with Crippen molar-refractivity contribution in [2.24, 2.45) is 0 Å². The standard InChI is InChI=1S/C21H22ClN3O3/c1-13-6-8-15(22)11-17(13)24-21(28)20(27)23-16-9-7-14(2)18(12-16)25-10-4-3-5-19(25)26/h6-9,11-12H,3-5,10H2,1-2H3,(H,23,27)(H,24,28). The summed E-state index contributed by atoms with van der Waals surface area (Å²) in [5, 5.41) is 5.63. The lowest BCUT2D eigenvalue weighted by molar-refractivity contribution is -0.133.